The highest BCUT2D eigenvalue weighted by atomic mass is 35.5. The molecule has 2 atom stereocenters. The summed E-state index contributed by atoms with van der Waals surface area (Å²) in [6, 6.07) is 12.3. The van der Waals surface area contributed by atoms with Crippen molar-refractivity contribution in [3.63, 3.8) is 0 Å². The summed E-state index contributed by atoms with van der Waals surface area (Å²) >= 11 is 11.9. The van der Waals surface area contributed by atoms with E-state index in [1.54, 1.807) is 12.1 Å². The topological polar surface area (TPSA) is 69.8 Å². The average Bonchev–Trinajstić information content (AvgIpc) is 3.01. The van der Waals surface area contributed by atoms with Crippen LogP contribution in [0, 0.1) is 0 Å². The number of halogens is 2. The Kier molecular flexibility index (Phi) is 5.16. The molecule has 0 aliphatic heterocycles. The van der Waals surface area contributed by atoms with Crippen molar-refractivity contribution in [1.29, 1.82) is 0 Å². The molecule has 0 bridgehead atoms. The van der Waals surface area contributed by atoms with Gasteiger partial charge in [-0.3, -0.25) is 0 Å². The van der Waals surface area contributed by atoms with Gasteiger partial charge in [-0.2, -0.15) is 0 Å². The Morgan fingerprint density at radius 2 is 1.76 bits per heavy atom. The van der Waals surface area contributed by atoms with Gasteiger partial charge < -0.3 is 15.6 Å². The predicted molar refractivity (Wildman–Crippen MR) is 101 cm³/mol. The molecule has 2 unspecified atom stereocenters. The molecule has 2 amide bonds. The van der Waals surface area contributed by atoms with E-state index >= 15 is 0 Å². The number of aromatic nitrogens is 2. The largest absolute Gasteiger partial charge is 0.340 e. The fourth-order valence-corrected chi connectivity index (χ4v) is 2.85. The third kappa shape index (κ3) is 4.06. The second-order valence-electron chi connectivity index (χ2n) is 5.87. The number of H-pyrrole nitrogens is 1. The van der Waals surface area contributed by atoms with Gasteiger partial charge in [0.2, 0.25) is 0 Å². The maximum atomic E-state index is 12.3. The van der Waals surface area contributed by atoms with Gasteiger partial charge in [0.1, 0.15) is 5.82 Å². The molecule has 2 aromatic carbocycles. The molecule has 0 saturated heterocycles. The van der Waals surface area contributed by atoms with Gasteiger partial charge in [-0.15, -0.1) is 0 Å². The molecule has 0 fully saturated rings. The first-order chi connectivity index (χ1) is 11.9. The molecule has 3 N–H and O–H groups in total. The molecular formula is C18H18Cl2N4O. The highest BCUT2D eigenvalue weighted by Gasteiger charge is 2.16. The molecule has 1 aromatic heterocycles. The summed E-state index contributed by atoms with van der Waals surface area (Å²) in [5.74, 6) is 0.707. The second kappa shape index (κ2) is 7.33. The molecule has 0 aliphatic rings. The van der Waals surface area contributed by atoms with Gasteiger partial charge in [-0.05, 0) is 43.7 Å². The molecule has 7 heteroatoms. The minimum Gasteiger partial charge on any atom is -0.340 e. The van der Waals surface area contributed by atoms with Crippen LogP contribution in [-0.2, 0) is 0 Å². The number of hydrogen-bond acceptors (Lipinski definition) is 2. The Bertz CT molecular complexity index is 876. The van der Waals surface area contributed by atoms with Crippen molar-refractivity contribution in [2.24, 2.45) is 0 Å². The van der Waals surface area contributed by atoms with E-state index in [9.17, 15) is 4.79 Å². The number of amides is 2. The van der Waals surface area contributed by atoms with E-state index in [1.807, 2.05) is 44.2 Å². The lowest BCUT2D eigenvalue weighted by atomic mass is 10.1. The number of nitrogens with zero attached hydrogens (tertiary/aromatic N) is 1. The molecule has 0 aliphatic carbocycles. The van der Waals surface area contributed by atoms with E-state index in [0.29, 0.717) is 15.9 Å². The first kappa shape index (κ1) is 17.6. The van der Waals surface area contributed by atoms with Crippen LogP contribution in [0.25, 0.3) is 11.0 Å². The third-order valence-electron chi connectivity index (χ3n) is 3.96. The van der Waals surface area contributed by atoms with E-state index in [2.05, 4.69) is 20.6 Å². The molecular weight excluding hydrogens is 359 g/mol. The predicted octanol–water partition coefficient (Wildman–Crippen LogP) is 4.99. The molecule has 3 rings (SSSR count). The van der Waals surface area contributed by atoms with Gasteiger partial charge in [-0.1, -0.05) is 41.4 Å². The van der Waals surface area contributed by atoms with E-state index in [4.69, 9.17) is 23.2 Å². The molecule has 3 aromatic rings. The maximum absolute atomic E-state index is 12.3. The minimum absolute atomic E-state index is 0.211. The molecule has 25 heavy (non-hydrogen) atoms. The number of imidazole rings is 1. The van der Waals surface area contributed by atoms with E-state index in [0.717, 1.165) is 16.6 Å². The highest BCUT2D eigenvalue weighted by Crippen LogP contribution is 2.25. The molecule has 0 radical (unpaired) electrons. The number of rotatable bonds is 4. The quantitative estimate of drug-likeness (QED) is 0.599. The lowest BCUT2D eigenvalue weighted by Gasteiger charge is -2.18. The van der Waals surface area contributed by atoms with Crippen LogP contribution in [0.3, 0.4) is 0 Å². The van der Waals surface area contributed by atoms with Gasteiger partial charge in [0.05, 0.1) is 33.2 Å². The van der Waals surface area contributed by atoms with Crippen LogP contribution >= 0.6 is 23.2 Å². The summed E-state index contributed by atoms with van der Waals surface area (Å²) in [7, 11) is 0. The number of nitrogens with one attached hydrogen (secondary N) is 3. The Morgan fingerprint density at radius 1 is 1.04 bits per heavy atom. The second-order valence-corrected chi connectivity index (χ2v) is 6.69. The van der Waals surface area contributed by atoms with E-state index in [1.165, 1.54) is 0 Å². The Labute approximate surface area is 155 Å². The van der Waals surface area contributed by atoms with Gasteiger partial charge in [-0.25, -0.2) is 9.78 Å². The van der Waals surface area contributed by atoms with Crippen molar-refractivity contribution >= 4 is 40.3 Å². The number of carbonyl (C=O) groups excluding carboxylic acids is 1. The number of aromatic amines is 1. The molecule has 0 saturated carbocycles. The fourth-order valence-electron chi connectivity index (χ4n) is 2.55. The van der Waals surface area contributed by atoms with Crippen molar-refractivity contribution in [2.45, 2.75) is 25.9 Å². The van der Waals surface area contributed by atoms with Crippen LogP contribution in [-0.4, -0.2) is 16.0 Å². The SMILES string of the molecule is CC(NC(=O)NC(C)c1nc2ccccc2[nH]1)c1ccc(Cl)c(Cl)c1. The summed E-state index contributed by atoms with van der Waals surface area (Å²) < 4.78 is 0. The number of para-hydroxylation sites is 2. The fraction of sp³-hybridized carbons (Fsp3) is 0.222. The van der Waals surface area contributed by atoms with Gasteiger partial charge in [0.25, 0.3) is 0 Å². The zero-order valence-corrected chi connectivity index (χ0v) is 15.3. The number of benzene rings is 2. The third-order valence-corrected chi connectivity index (χ3v) is 4.70. The van der Waals surface area contributed by atoms with Crippen LogP contribution in [0.2, 0.25) is 10.0 Å². The Balaban J connectivity index is 1.63. The van der Waals surface area contributed by atoms with Crippen LogP contribution in [0.1, 0.15) is 37.3 Å². The van der Waals surface area contributed by atoms with Crippen LogP contribution in [0.5, 0.6) is 0 Å². The average molecular weight is 377 g/mol. The number of carbonyl (C=O) groups is 1. The van der Waals surface area contributed by atoms with Crippen molar-refractivity contribution in [3.8, 4) is 0 Å². The molecule has 5 nitrogen and oxygen atoms in total. The first-order valence-electron chi connectivity index (χ1n) is 7.90. The summed E-state index contributed by atoms with van der Waals surface area (Å²) in [6.45, 7) is 3.76. The summed E-state index contributed by atoms with van der Waals surface area (Å²) in [5.41, 5.74) is 2.69. The van der Waals surface area contributed by atoms with Crippen LogP contribution in [0.4, 0.5) is 4.79 Å². The molecule has 130 valence electrons. The zero-order valence-electron chi connectivity index (χ0n) is 13.8. The van der Waals surface area contributed by atoms with Crippen molar-refractivity contribution in [2.75, 3.05) is 0 Å². The maximum Gasteiger partial charge on any atom is 0.315 e. The monoisotopic (exact) mass is 376 g/mol. The van der Waals surface area contributed by atoms with E-state index in [-0.39, 0.29) is 18.1 Å². The van der Waals surface area contributed by atoms with Crippen molar-refractivity contribution < 1.29 is 4.79 Å². The van der Waals surface area contributed by atoms with Crippen molar-refractivity contribution in [3.05, 3.63) is 63.9 Å². The number of fused-ring (bicyclic) bond motifs is 1. The normalized spacial score (nSPS) is 13.4. The summed E-state index contributed by atoms with van der Waals surface area (Å²) in [5, 5.41) is 6.71. The Morgan fingerprint density at radius 3 is 2.48 bits per heavy atom. The lowest BCUT2D eigenvalue weighted by Crippen LogP contribution is -2.38. The Hall–Kier alpha value is -2.24. The smallest absolute Gasteiger partial charge is 0.315 e. The van der Waals surface area contributed by atoms with E-state index < -0.39 is 0 Å². The van der Waals surface area contributed by atoms with Crippen LogP contribution < -0.4 is 10.6 Å². The van der Waals surface area contributed by atoms with Crippen LogP contribution in [0.15, 0.2) is 42.5 Å². The van der Waals surface area contributed by atoms with Gasteiger partial charge in [0, 0.05) is 0 Å². The highest BCUT2D eigenvalue weighted by molar-refractivity contribution is 6.42. The molecule has 1 heterocycles. The first-order valence-corrected chi connectivity index (χ1v) is 8.66. The lowest BCUT2D eigenvalue weighted by molar-refractivity contribution is 0.234. The van der Waals surface area contributed by atoms with Gasteiger partial charge >= 0.3 is 6.03 Å². The van der Waals surface area contributed by atoms with Crippen molar-refractivity contribution in [1.82, 2.24) is 20.6 Å². The minimum atomic E-state index is -0.286. The summed E-state index contributed by atoms with van der Waals surface area (Å²) in [6.07, 6.45) is 0. The van der Waals surface area contributed by atoms with Gasteiger partial charge in [0.15, 0.2) is 0 Å². The molecule has 0 spiro atoms. The zero-order chi connectivity index (χ0) is 18.0. The number of hydrogen-bond donors (Lipinski definition) is 3. The number of urea groups is 1. The standard InChI is InChI=1S/C18H18Cl2N4O/c1-10(12-7-8-13(19)14(20)9-12)21-18(25)22-11(2)17-23-15-5-3-4-6-16(15)24-17/h3-11H,1-2H3,(H,23,24)(H2,21,22,25). The summed E-state index contributed by atoms with van der Waals surface area (Å²) in [4.78, 5) is 20.0.